The van der Waals surface area contributed by atoms with Gasteiger partial charge in [0.2, 0.25) is 0 Å². The zero-order valence-corrected chi connectivity index (χ0v) is 11.3. The molecule has 0 atom stereocenters. The van der Waals surface area contributed by atoms with E-state index >= 15 is 0 Å². The monoisotopic (exact) mass is 268 g/mol. The molecule has 3 rings (SSSR count). The van der Waals surface area contributed by atoms with Crippen LogP contribution in [0.3, 0.4) is 0 Å². The van der Waals surface area contributed by atoms with Crippen molar-refractivity contribution < 1.29 is 4.74 Å². The number of benzene rings is 1. The first-order chi connectivity index (χ1) is 9.78. The number of fused-ring (bicyclic) bond motifs is 1. The lowest BCUT2D eigenvalue weighted by atomic mass is 10.2. The molecule has 0 amide bonds. The van der Waals surface area contributed by atoms with Gasteiger partial charge in [0.25, 0.3) is 0 Å². The molecule has 3 aromatic rings. The van der Waals surface area contributed by atoms with Crippen LogP contribution in [0.4, 0.5) is 5.69 Å². The molecule has 0 saturated heterocycles. The van der Waals surface area contributed by atoms with Crippen LogP contribution in [0.25, 0.3) is 10.9 Å². The lowest BCUT2D eigenvalue weighted by molar-refractivity contribution is 0.488. The topological polar surface area (TPSA) is 66.0 Å². The Bertz CT molecular complexity index is 736. The van der Waals surface area contributed by atoms with Crippen molar-refractivity contribution >= 4 is 16.6 Å². The summed E-state index contributed by atoms with van der Waals surface area (Å²) in [4.78, 5) is 4.29. The first-order valence-corrected chi connectivity index (χ1v) is 6.61. The van der Waals surface area contributed by atoms with Gasteiger partial charge >= 0.3 is 0 Å². The fraction of sp³-hybridized carbons (Fsp3) is 0.200. The molecule has 20 heavy (non-hydrogen) atoms. The molecule has 5 nitrogen and oxygen atoms in total. The van der Waals surface area contributed by atoms with Crippen molar-refractivity contribution in [3.63, 3.8) is 0 Å². The number of hydrogen-bond donors (Lipinski definition) is 1. The molecule has 1 aromatic carbocycles. The second kappa shape index (κ2) is 5.21. The summed E-state index contributed by atoms with van der Waals surface area (Å²) in [6.45, 7) is 2.98. The van der Waals surface area contributed by atoms with Gasteiger partial charge < -0.3 is 10.5 Å². The predicted molar refractivity (Wildman–Crippen MR) is 78.7 cm³/mol. The molecule has 2 N–H and O–H groups in total. The molecule has 0 unspecified atom stereocenters. The zero-order chi connectivity index (χ0) is 13.9. The van der Waals surface area contributed by atoms with E-state index in [2.05, 4.69) is 17.0 Å². The summed E-state index contributed by atoms with van der Waals surface area (Å²) in [7, 11) is 0. The molecule has 0 aliphatic rings. The number of nitrogen functional groups attached to an aromatic ring is 1. The molecule has 0 aliphatic carbocycles. The standard InChI is InChI=1S/C15H16N4O/c1-2-7-19-10-11(8-18-19)20-15-12-5-3-4-6-14(12)17-9-13(15)16/h3-6,8-10H,2,7,16H2,1H3. The zero-order valence-electron chi connectivity index (χ0n) is 11.3. The van der Waals surface area contributed by atoms with Crippen molar-refractivity contribution in [3.05, 3.63) is 42.9 Å². The molecule has 0 aliphatic heterocycles. The quantitative estimate of drug-likeness (QED) is 0.789. The van der Waals surface area contributed by atoms with Crippen molar-refractivity contribution in [2.45, 2.75) is 19.9 Å². The third kappa shape index (κ3) is 2.30. The highest BCUT2D eigenvalue weighted by atomic mass is 16.5. The Kier molecular flexibility index (Phi) is 3.25. The Hall–Kier alpha value is -2.56. The van der Waals surface area contributed by atoms with Gasteiger partial charge in [0, 0.05) is 11.9 Å². The molecule has 102 valence electrons. The maximum Gasteiger partial charge on any atom is 0.165 e. The Morgan fingerprint density at radius 1 is 1.25 bits per heavy atom. The smallest absolute Gasteiger partial charge is 0.165 e. The highest BCUT2D eigenvalue weighted by Crippen LogP contribution is 2.33. The number of rotatable bonds is 4. The number of para-hydroxylation sites is 1. The number of ether oxygens (including phenoxy) is 1. The van der Waals surface area contributed by atoms with Crippen LogP contribution < -0.4 is 10.5 Å². The van der Waals surface area contributed by atoms with Gasteiger partial charge in [0.15, 0.2) is 11.5 Å². The molecule has 0 saturated carbocycles. The van der Waals surface area contributed by atoms with Gasteiger partial charge in [-0.05, 0) is 18.6 Å². The number of aromatic nitrogens is 3. The Morgan fingerprint density at radius 2 is 2.10 bits per heavy atom. The number of pyridine rings is 1. The third-order valence-corrected chi connectivity index (χ3v) is 3.04. The molecular weight excluding hydrogens is 252 g/mol. The summed E-state index contributed by atoms with van der Waals surface area (Å²) in [5, 5.41) is 5.15. The second-order valence-corrected chi connectivity index (χ2v) is 4.60. The lowest BCUT2D eigenvalue weighted by Crippen LogP contribution is -1.96. The van der Waals surface area contributed by atoms with E-state index in [1.807, 2.05) is 35.1 Å². The summed E-state index contributed by atoms with van der Waals surface area (Å²) in [6.07, 6.45) is 6.22. The molecular formula is C15H16N4O. The van der Waals surface area contributed by atoms with Gasteiger partial charge in [-0.2, -0.15) is 5.10 Å². The minimum atomic E-state index is 0.520. The Labute approximate surface area is 117 Å². The van der Waals surface area contributed by atoms with Crippen molar-refractivity contribution in [2.75, 3.05) is 5.73 Å². The van der Waals surface area contributed by atoms with Crippen molar-refractivity contribution in [3.8, 4) is 11.5 Å². The minimum absolute atomic E-state index is 0.520. The minimum Gasteiger partial charge on any atom is -0.451 e. The van der Waals surface area contributed by atoms with E-state index in [1.165, 1.54) is 0 Å². The number of nitrogens with zero attached hydrogens (tertiary/aromatic N) is 3. The van der Waals surface area contributed by atoms with Crippen LogP contribution in [0.2, 0.25) is 0 Å². The van der Waals surface area contributed by atoms with Gasteiger partial charge in [0.1, 0.15) is 0 Å². The predicted octanol–water partition coefficient (Wildman–Crippen LogP) is 3.22. The summed E-state index contributed by atoms with van der Waals surface area (Å²) in [5.41, 5.74) is 7.36. The SMILES string of the molecule is CCCn1cc(Oc2c(N)cnc3ccccc23)cn1. The van der Waals surface area contributed by atoms with Crippen LogP contribution >= 0.6 is 0 Å². The largest absolute Gasteiger partial charge is 0.451 e. The average molecular weight is 268 g/mol. The summed E-state index contributed by atoms with van der Waals surface area (Å²) < 4.78 is 7.76. The van der Waals surface area contributed by atoms with Crippen molar-refractivity contribution in [1.82, 2.24) is 14.8 Å². The van der Waals surface area contributed by atoms with Crippen LogP contribution in [0.15, 0.2) is 42.9 Å². The Morgan fingerprint density at radius 3 is 2.95 bits per heavy atom. The summed E-state index contributed by atoms with van der Waals surface area (Å²) in [5.74, 6) is 1.31. The van der Waals surface area contributed by atoms with E-state index in [9.17, 15) is 0 Å². The Balaban J connectivity index is 1.98. The van der Waals surface area contributed by atoms with E-state index < -0.39 is 0 Å². The molecule has 0 radical (unpaired) electrons. The fourth-order valence-corrected chi connectivity index (χ4v) is 2.11. The maximum atomic E-state index is 5.99. The first-order valence-electron chi connectivity index (χ1n) is 6.61. The normalized spacial score (nSPS) is 10.8. The van der Waals surface area contributed by atoms with Gasteiger partial charge in [-0.15, -0.1) is 0 Å². The van der Waals surface area contributed by atoms with Crippen LogP contribution in [0, 0.1) is 0 Å². The molecule has 5 heteroatoms. The molecule has 0 spiro atoms. The summed E-state index contributed by atoms with van der Waals surface area (Å²) >= 11 is 0. The van der Waals surface area contributed by atoms with E-state index in [0.29, 0.717) is 17.2 Å². The van der Waals surface area contributed by atoms with Crippen molar-refractivity contribution in [2.24, 2.45) is 0 Å². The van der Waals surface area contributed by atoms with E-state index in [-0.39, 0.29) is 0 Å². The van der Waals surface area contributed by atoms with Crippen LogP contribution in [0.1, 0.15) is 13.3 Å². The van der Waals surface area contributed by atoms with Gasteiger partial charge in [-0.25, -0.2) is 0 Å². The first kappa shape index (κ1) is 12.5. The number of anilines is 1. The van der Waals surface area contributed by atoms with Gasteiger partial charge in [-0.1, -0.05) is 19.1 Å². The fourth-order valence-electron chi connectivity index (χ4n) is 2.11. The van der Waals surface area contributed by atoms with E-state index in [4.69, 9.17) is 10.5 Å². The van der Waals surface area contributed by atoms with Crippen LogP contribution in [0.5, 0.6) is 11.5 Å². The van der Waals surface area contributed by atoms with Crippen molar-refractivity contribution in [1.29, 1.82) is 0 Å². The average Bonchev–Trinajstić information content (AvgIpc) is 2.90. The second-order valence-electron chi connectivity index (χ2n) is 4.60. The van der Waals surface area contributed by atoms with Gasteiger partial charge in [-0.3, -0.25) is 9.67 Å². The molecule has 0 fully saturated rings. The highest BCUT2D eigenvalue weighted by molar-refractivity contribution is 5.89. The van der Waals surface area contributed by atoms with E-state index in [0.717, 1.165) is 23.9 Å². The van der Waals surface area contributed by atoms with Crippen LogP contribution in [-0.2, 0) is 6.54 Å². The molecule has 2 heterocycles. The van der Waals surface area contributed by atoms with Crippen LogP contribution in [-0.4, -0.2) is 14.8 Å². The number of nitrogens with two attached hydrogens (primary N) is 1. The van der Waals surface area contributed by atoms with Gasteiger partial charge in [0.05, 0.1) is 29.8 Å². The highest BCUT2D eigenvalue weighted by Gasteiger charge is 2.10. The molecule has 0 bridgehead atoms. The maximum absolute atomic E-state index is 5.99. The molecule has 2 aromatic heterocycles. The lowest BCUT2D eigenvalue weighted by Gasteiger charge is -2.09. The summed E-state index contributed by atoms with van der Waals surface area (Å²) in [6, 6.07) is 7.76. The third-order valence-electron chi connectivity index (χ3n) is 3.04. The number of aryl methyl sites for hydroxylation is 1. The number of hydrogen-bond acceptors (Lipinski definition) is 4. The van der Waals surface area contributed by atoms with E-state index in [1.54, 1.807) is 12.4 Å².